The second-order valence-electron chi connectivity index (χ2n) is 2.43. The number of carbonyl (C=O) groups is 1. The van der Waals surface area contributed by atoms with Crippen molar-refractivity contribution in [3.05, 3.63) is 29.6 Å². The van der Waals surface area contributed by atoms with Gasteiger partial charge in [0.05, 0.1) is 5.56 Å². The van der Waals surface area contributed by atoms with E-state index in [1.54, 1.807) is 6.07 Å². The predicted octanol–water partition coefficient (Wildman–Crippen LogP) is 0.989. The molecule has 0 saturated carbocycles. The zero-order valence-corrected chi connectivity index (χ0v) is 7.87. The largest absolute Gasteiger partial charge is 0.366 e. The summed E-state index contributed by atoms with van der Waals surface area (Å²) in [5.74, 6) is -0.423. The fourth-order valence-corrected chi connectivity index (χ4v) is 1.43. The number of primary amides is 1. The van der Waals surface area contributed by atoms with Gasteiger partial charge in [0.15, 0.2) is 0 Å². The molecule has 0 saturated heterocycles. The molecule has 0 aliphatic carbocycles. The Kier molecular flexibility index (Phi) is 3.18. The first-order chi connectivity index (χ1) is 5.74. The Balaban J connectivity index is 2.78. The van der Waals surface area contributed by atoms with Gasteiger partial charge < -0.3 is 5.73 Å². The summed E-state index contributed by atoms with van der Waals surface area (Å²) in [7, 11) is 0.848. The van der Waals surface area contributed by atoms with Crippen molar-refractivity contribution >= 4 is 14.5 Å². The molecular formula is C8H11N2OP. The second kappa shape index (κ2) is 4.17. The van der Waals surface area contributed by atoms with E-state index in [-0.39, 0.29) is 0 Å². The maximum atomic E-state index is 10.7. The number of carbonyl (C=O) groups excluding carboxylic acids is 1. The fourth-order valence-electron chi connectivity index (χ4n) is 0.856. The van der Waals surface area contributed by atoms with E-state index in [0.717, 1.165) is 20.4 Å². The van der Waals surface area contributed by atoms with Crippen molar-refractivity contribution in [2.24, 2.45) is 5.73 Å². The van der Waals surface area contributed by atoms with Gasteiger partial charge >= 0.3 is 0 Å². The average Bonchev–Trinajstić information content (AvgIpc) is 2.06. The van der Waals surface area contributed by atoms with E-state index >= 15 is 0 Å². The Bertz CT molecular complexity index is 271. The molecule has 1 aromatic heterocycles. The highest BCUT2D eigenvalue weighted by atomic mass is 31.1. The van der Waals surface area contributed by atoms with Gasteiger partial charge in [0.25, 0.3) is 0 Å². The minimum Gasteiger partial charge on any atom is -0.366 e. The number of aromatic nitrogens is 1. The van der Waals surface area contributed by atoms with E-state index < -0.39 is 5.91 Å². The first-order valence-electron chi connectivity index (χ1n) is 3.63. The second-order valence-corrected chi connectivity index (χ2v) is 3.49. The van der Waals surface area contributed by atoms with Crippen molar-refractivity contribution in [2.45, 2.75) is 6.16 Å². The Morgan fingerprint density at radius 3 is 2.83 bits per heavy atom. The highest BCUT2D eigenvalue weighted by Gasteiger charge is 1.99. The number of nitrogens with zero attached hydrogens (tertiary/aromatic N) is 1. The summed E-state index contributed by atoms with van der Waals surface area (Å²) in [6.45, 7) is 2.11. The van der Waals surface area contributed by atoms with Crippen molar-refractivity contribution in [3.8, 4) is 0 Å². The normalized spacial score (nSPS) is 10.8. The summed E-state index contributed by atoms with van der Waals surface area (Å²) < 4.78 is 0. The lowest BCUT2D eigenvalue weighted by molar-refractivity contribution is 0.1000. The van der Waals surface area contributed by atoms with Crippen molar-refractivity contribution < 1.29 is 4.79 Å². The van der Waals surface area contributed by atoms with Crippen LogP contribution in [0.5, 0.6) is 0 Å². The Labute approximate surface area is 73.2 Å². The molecule has 0 fully saturated rings. The summed E-state index contributed by atoms with van der Waals surface area (Å²) in [4.78, 5) is 14.7. The first-order valence-corrected chi connectivity index (χ1v) is 5.34. The van der Waals surface area contributed by atoms with E-state index in [2.05, 4.69) is 11.6 Å². The van der Waals surface area contributed by atoms with Crippen LogP contribution >= 0.6 is 8.58 Å². The van der Waals surface area contributed by atoms with Crippen LogP contribution in [0.25, 0.3) is 0 Å². The van der Waals surface area contributed by atoms with E-state index in [1.807, 2.05) is 6.07 Å². The van der Waals surface area contributed by atoms with Crippen LogP contribution in [-0.4, -0.2) is 17.6 Å². The van der Waals surface area contributed by atoms with Crippen LogP contribution in [0.4, 0.5) is 0 Å². The predicted molar refractivity (Wildman–Crippen MR) is 50.7 cm³/mol. The van der Waals surface area contributed by atoms with Gasteiger partial charge in [-0.1, -0.05) is 0 Å². The van der Waals surface area contributed by atoms with E-state index in [1.165, 1.54) is 6.20 Å². The molecule has 0 spiro atoms. The lowest BCUT2D eigenvalue weighted by Crippen LogP contribution is -2.11. The van der Waals surface area contributed by atoms with Crippen LogP contribution in [-0.2, 0) is 6.16 Å². The van der Waals surface area contributed by atoms with E-state index in [4.69, 9.17) is 5.73 Å². The third kappa shape index (κ3) is 2.28. The smallest absolute Gasteiger partial charge is 0.250 e. The maximum absolute atomic E-state index is 10.7. The molecule has 0 aliphatic rings. The maximum Gasteiger partial charge on any atom is 0.250 e. The topological polar surface area (TPSA) is 56.0 Å². The van der Waals surface area contributed by atoms with E-state index in [0.29, 0.717) is 5.56 Å². The minimum absolute atomic E-state index is 0.423. The molecule has 1 atom stereocenters. The number of hydrogen-bond acceptors (Lipinski definition) is 2. The molecule has 1 heterocycles. The minimum atomic E-state index is -0.423. The molecule has 64 valence electrons. The monoisotopic (exact) mass is 182 g/mol. The molecule has 1 rings (SSSR count). The molecule has 0 radical (unpaired) electrons. The average molecular weight is 182 g/mol. The van der Waals surface area contributed by atoms with Gasteiger partial charge in [-0.15, -0.1) is 8.58 Å². The lowest BCUT2D eigenvalue weighted by atomic mass is 10.2. The highest BCUT2D eigenvalue weighted by molar-refractivity contribution is 7.36. The van der Waals surface area contributed by atoms with Crippen molar-refractivity contribution in [2.75, 3.05) is 6.66 Å². The Morgan fingerprint density at radius 1 is 1.67 bits per heavy atom. The SMILES string of the molecule is CPCc1ccc(C(N)=O)cn1. The molecule has 0 aliphatic heterocycles. The van der Waals surface area contributed by atoms with Crippen LogP contribution in [0.3, 0.4) is 0 Å². The van der Waals surface area contributed by atoms with Crippen LogP contribution in [0.1, 0.15) is 16.1 Å². The molecule has 1 unspecified atom stereocenters. The number of rotatable bonds is 3. The van der Waals surface area contributed by atoms with Gasteiger partial charge in [-0.3, -0.25) is 9.78 Å². The zero-order chi connectivity index (χ0) is 8.97. The molecule has 4 heteroatoms. The first kappa shape index (κ1) is 9.14. The Hall–Kier alpha value is -0.950. The standard InChI is InChI=1S/C8H11N2OP/c1-12-5-7-3-2-6(4-10-7)8(9)11/h2-4,12H,5H2,1H3,(H2,9,11). The molecule has 2 N–H and O–H groups in total. The van der Waals surface area contributed by atoms with Gasteiger partial charge in [0.2, 0.25) is 5.91 Å². The van der Waals surface area contributed by atoms with Crippen LogP contribution < -0.4 is 5.73 Å². The molecule has 3 nitrogen and oxygen atoms in total. The quantitative estimate of drug-likeness (QED) is 0.708. The summed E-state index contributed by atoms with van der Waals surface area (Å²) in [6.07, 6.45) is 2.50. The van der Waals surface area contributed by atoms with Gasteiger partial charge in [-0.25, -0.2) is 0 Å². The van der Waals surface area contributed by atoms with Crippen molar-refractivity contribution in [1.82, 2.24) is 4.98 Å². The van der Waals surface area contributed by atoms with Gasteiger partial charge in [-0.05, 0) is 18.8 Å². The molecule has 1 aromatic rings. The molecule has 0 aromatic carbocycles. The molecule has 12 heavy (non-hydrogen) atoms. The van der Waals surface area contributed by atoms with Crippen LogP contribution in [0, 0.1) is 0 Å². The molecular weight excluding hydrogens is 171 g/mol. The van der Waals surface area contributed by atoms with Gasteiger partial charge in [0.1, 0.15) is 0 Å². The highest BCUT2D eigenvalue weighted by Crippen LogP contribution is 2.11. The number of hydrogen-bond donors (Lipinski definition) is 1. The number of nitrogens with two attached hydrogens (primary N) is 1. The van der Waals surface area contributed by atoms with Gasteiger partial charge in [-0.2, -0.15) is 0 Å². The number of amides is 1. The molecule has 1 amide bonds. The van der Waals surface area contributed by atoms with Gasteiger partial charge in [0, 0.05) is 18.1 Å². The third-order valence-corrected chi connectivity index (χ3v) is 2.18. The van der Waals surface area contributed by atoms with Crippen LogP contribution in [0.2, 0.25) is 0 Å². The van der Waals surface area contributed by atoms with Crippen molar-refractivity contribution in [3.63, 3.8) is 0 Å². The molecule has 0 bridgehead atoms. The lowest BCUT2D eigenvalue weighted by Gasteiger charge is -1.98. The van der Waals surface area contributed by atoms with Crippen LogP contribution in [0.15, 0.2) is 18.3 Å². The number of pyridine rings is 1. The fraction of sp³-hybridized carbons (Fsp3) is 0.250. The Morgan fingerprint density at radius 2 is 2.42 bits per heavy atom. The summed E-state index contributed by atoms with van der Waals surface area (Å²) >= 11 is 0. The van der Waals surface area contributed by atoms with Crippen molar-refractivity contribution in [1.29, 1.82) is 0 Å². The zero-order valence-electron chi connectivity index (χ0n) is 6.87. The summed E-state index contributed by atoms with van der Waals surface area (Å²) in [5, 5.41) is 0. The van der Waals surface area contributed by atoms with E-state index in [9.17, 15) is 4.79 Å². The third-order valence-electron chi connectivity index (χ3n) is 1.47. The summed E-state index contributed by atoms with van der Waals surface area (Å²) in [6, 6.07) is 3.56. The summed E-state index contributed by atoms with van der Waals surface area (Å²) in [5.41, 5.74) is 6.55.